The van der Waals surface area contributed by atoms with E-state index in [4.69, 9.17) is 11.6 Å². The second-order valence-electron chi connectivity index (χ2n) is 3.67. The summed E-state index contributed by atoms with van der Waals surface area (Å²) in [6.45, 7) is 0. The molecule has 5 N–H and O–H groups in total. The van der Waals surface area contributed by atoms with Crippen LogP contribution in [0.15, 0.2) is 60.7 Å². The zero-order chi connectivity index (χ0) is 12.1. The highest BCUT2D eigenvalue weighted by molar-refractivity contribution is 5.87. The van der Waals surface area contributed by atoms with Crippen LogP contribution in [0.5, 0.6) is 0 Å². The number of hydrazine groups is 1. The second kappa shape index (κ2) is 5.18. The third-order valence-corrected chi connectivity index (χ3v) is 2.56. The summed E-state index contributed by atoms with van der Waals surface area (Å²) in [4.78, 5) is 0. The van der Waals surface area contributed by atoms with Gasteiger partial charge in [0.25, 0.3) is 0 Å². The Labute approximate surface area is 101 Å². The van der Waals surface area contributed by atoms with Crippen molar-refractivity contribution in [2.24, 2.45) is 11.6 Å². The van der Waals surface area contributed by atoms with Crippen LogP contribution < -0.4 is 17.0 Å². The molecule has 0 aromatic heterocycles. The molecule has 0 aliphatic rings. The molecule has 0 saturated heterocycles. The van der Waals surface area contributed by atoms with Crippen molar-refractivity contribution in [1.82, 2.24) is 5.43 Å². The first-order chi connectivity index (χ1) is 8.33. The Morgan fingerprint density at radius 3 is 1.71 bits per heavy atom. The van der Waals surface area contributed by atoms with Crippen LogP contribution in [0, 0.1) is 0 Å². The predicted octanol–water partition coefficient (Wildman–Crippen LogP) is 1.93. The maximum absolute atomic E-state index is 6.12. The lowest BCUT2D eigenvalue weighted by atomic mass is 10.1. The van der Waals surface area contributed by atoms with Gasteiger partial charge in [0, 0.05) is 5.56 Å². The maximum atomic E-state index is 6.12. The zero-order valence-corrected chi connectivity index (χ0v) is 9.43. The van der Waals surface area contributed by atoms with Crippen molar-refractivity contribution in [3.05, 3.63) is 71.8 Å². The largest absolute Gasteiger partial charge is 0.397 e. The van der Waals surface area contributed by atoms with E-state index >= 15 is 0 Å². The zero-order valence-electron chi connectivity index (χ0n) is 9.43. The van der Waals surface area contributed by atoms with Crippen LogP contribution in [0.1, 0.15) is 11.1 Å². The molecule has 0 radical (unpaired) electrons. The molecular weight excluding hydrogens is 210 g/mol. The van der Waals surface area contributed by atoms with Gasteiger partial charge in [-0.05, 0) is 5.56 Å². The van der Waals surface area contributed by atoms with Gasteiger partial charge in [-0.1, -0.05) is 60.7 Å². The van der Waals surface area contributed by atoms with Crippen LogP contribution in [0.3, 0.4) is 0 Å². The van der Waals surface area contributed by atoms with E-state index in [0.717, 1.165) is 16.8 Å². The topological polar surface area (TPSA) is 64.1 Å². The number of nitrogens with one attached hydrogen (secondary N) is 1. The number of benzene rings is 2. The van der Waals surface area contributed by atoms with E-state index in [-0.39, 0.29) is 0 Å². The van der Waals surface area contributed by atoms with Gasteiger partial charge in [-0.2, -0.15) is 0 Å². The average Bonchev–Trinajstić information content (AvgIpc) is 2.42. The van der Waals surface area contributed by atoms with Crippen LogP contribution in [0.2, 0.25) is 0 Å². The SMILES string of the molecule is NN/C(=C(\N)c1ccccc1)c1ccccc1. The van der Waals surface area contributed by atoms with E-state index in [9.17, 15) is 0 Å². The minimum atomic E-state index is 0.638. The highest BCUT2D eigenvalue weighted by atomic mass is 15.2. The molecule has 2 rings (SSSR count). The molecule has 0 bridgehead atoms. The third kappa shape index (κ3) is 2.46. The van der Waals surface area contributed by atoms with Crippen LogP contribution in [-0.4, -0.2) is 0 Å². The van der Waals surface area contributed by atoms with Gasteiger partial charge in [0.05, 0.1) is 11.4 Å². The van der Waals surface area contributed by atoms with Gasteiger partial charge >= 0.3 is 0 Å². The van der Waals surface area contributed by atoms with Gasteiger partial charge < -0.3 is 11.2 Å². The lowest BCUT2D eigenvalue weighted by molar-refractivity contribution is 0.991. The first-order valence-electron chi connectivity index (χ1n) is 5.40. The van der Waals surface area contributed by atoms with Gasteiger partial charge in [0.1, 0.15) is 0 Å². The summed E-state index contributed by atoms with van der Waals surface area (Å²) in [5, 5.41) is 0. The lowest BCUT2D eigenvalue weighted by Gasteiger charge is -2.11. The molecule has 17 heavy (non-hydrogen) atoms. The summed E-state index contributed by atoms with van der Waals surface area (Å²) in [7, 11) is 0. The Hall–Kier alpha value is -2.26. The summed E-state index contributed by atoms with van der Waals surface area (Å²) >= 11 is 0. The standard InChI is InChI=1S/C14H15N3/c15-13(11-7-3-1-4-8-11)14(17-16)12-9-5-2-6-10-12/h1-10,17H,15-16H2/b14-13-. The minimum Gasteiger partial charge on any atom is -0.397 e. The van der Waals surface area contributed by atoms with E-state index in [2.05, 4.69) is 5.43 Å². The molecule has 3 heteroatoms. The van der Waals surface area contributed by atoms with Gasteiger partial charge in [-0.3, -0.25) is 5.84 Å². The molecule has 2 aromatic carbocycles. The van der Waals surface area contributed by atoms with Crippen LogP contribution in [0.25, 0.3) is 11.4 Å². The molecule has 0 saturated carbocycles. The molecule has 86 valence electrons. The van der Waals surface area contributed by atoms with Crippen molar-refractivity contribution >= 4 is 11.4 Å². The molecule has 0 aliphatic carbocycles. The summed E-state index contributed by atoms with van der Waals surface area (Å²) in [5.74, 6) is 5.56. The van der Waals surface area contributed by atoms with Gasteiger partial charge in [-0.15, -0.1) is 0 Å². The Morgan fingerprint density at radius 2 is 1.24 bits per heavy atom. The van der Waals surface area contributed by atoms with Crippen molar-refractivity contribution in [2.75, 3.05) is 0 Å². The average molecular weight is 225 g/mol. The monoisotopic (exact) mass is 225 g/mol. The fraction of sp³-hybridized carbons (Fsp3) is 0. The fourth-order valence-corrected chi connectivity index (χ4v) is 1.68. The highest BCUT2D eigenvalue weighted by Gasteiger charge is 2.06. The minimum absolute atomic E-state index is 0.638. The Balaban J connectivity index is 2.48. The fourth-order valence-electron chi connectivity index (χ4n) is 1.68. The molecule has 0 spiro atoms. The van der Waals surface area contributed by atoms with Crippen LogP contribution in [0.4, 0.5) is 0 Å². The molecular formula is C14H15N3. The quantitative estimate of drug-likeness (QED) is 0.425. The number of rotatable bonds is 3. The van der Waals surface area contributed by atoms with E-state index < -0.39 is 0 Å². The van der Waals surface area contributed by atoms with Crippen molar-refractivity contribution in [3.63, 3.8) is 0 Å². The highest BCUT2D eigenvalue weighted by Crippen LogP contribution is 2.19. The molecule has 0 atom stereocenters. The lowest BCUT2D eigenvalue weighted by Crippen LogP contribution is -2.23. The summed E-state index contributed by atoms with van der Waals surface area (Å²) in [5.41, 5.74) is 12.1. The molecule has 0 fully saturated rings. The van der Waals surface area contributed by atoms with Gasteiger partial charge in [0.2, 0.25) is 0 Å². The van der Waals surface area contributed by atoms with E-state index in [1.54, 1.807) is 0 Å². The van der Waals surface area contributed by atoms with Crippen molar-refractivity contribution < 1.29 is 0 Å². The summed E-state index contributed by atoms with van der Waals surface area (Å²) in [6, 6.07) is 19.5. The van der Waals surface area contributed by atoms with Gasteiger partial charge in [0.15, 0.2) is 0 Å². The maximum Gasteiger partial charge on any atom is 0.0795 e. The smallest absolute Gasteiger partial charge is 0.0795 e. The molecule has 3 nitrogen and oxygen atoms in total. The molecule has 0 heterocycles. The van der Waals surface area contributed by atoms with Crippen LogP contribution >= 0.6 is 0 Å². The Bertz CT molecular complexity index is 504. The van der Waals surface area contributed by atoms with Crippen LogP contribution in [-0.2, 0) is 0 Å². The summed E-state index contributed by atoms with van der Waals surface area (Å²) in [6.07, 6.45) is 0. The molecule has 2 aromatic rings. The Morgan fingerprint density at radius 1 is 0.765 bits per heavy atom. The van der Waals surface area contributed by atoms with E-state index in [1.807, 2.05) is 60.7 Å². The van der Waals surface area contributed by atoms with E-state index in [0.29, 0.717) is 5.70 Å². The first kappa shape index (κ1) is 11.2. The Kier molecular flexibility index (Phi) is 3.43. The molecule has 0 aliphatic heterocycles. The first-order valence-corrected chi connectivity index (χ1v) is 5.40. The van der Waals surface area contributed by atoms with E-state index in [1.165, 1.54) is 0 Å². The predicted molar refractivity (Wildman–Crippen MR) is 71.2 cm³/mol. The van der Waals surface area contributed by atoms with Crippen molar-refractivity contribution in [2.45, 2.75) is 0 Å². The second-order valence-corrected chi connectivity index (χ2v) is 3.67. The normalized spacial score (nSPS) is 11.8. The number of hydrogen-bond acceptors (Lipinski definition) is 3. The molecule has 0 unspecified atom stereocenters. The molecule has 0 amide bonds. The number of nitrogens with two attached hydrogens (primary N) is 2. The summed E-state index contributed by atoms with van der Waals surface area (Å²) < 4.78 is 0. The van der Waals surface area contributed by atoms with Crippen molar-refractivity contribution in [1.29, 1.82) is 0 Å². The van der Waals surface area contributed by atoms with Crippen molar-refractivity contribution in [3.8, 4) is 0 Å². The third-order valence-electron chi connectivity index (χ3n) is 2.56. The number of hydrogen-bond donors (Lipinski definition) is 3. The van der Waals surface area contributed by atoms with Gasteiger partial charge in [-0.25, -0.2) is 0 Å².